The number of halogens is 2. The van der Waals surface area contributed by atoms with E-state index < -0.39 is 17.6 Å². The van der Waals surface area contributed by atoms with Crippen LogP contribution in [0.1, 0.15) is 12.5 Å². The van der Waals surface area contributed by atoms with Gasteiger partial charge >= 0.3 is 6.16 Å². The molecule has 0 bridgehead atoms. The second kappa shape index (κ2) is 3.61. The molecule has 0 amide bonds. The number of carbonyl (C=O) groups is 1. The topological polar surface area (TPSA) is 46.5 Å². The van der Waals surface area contributed by atoms with E-state index in [1.54, 1.807) is 0 Å². The molecule has 0 saturated heterocycles. The van der Waals surface area contributed by atoms with E-state index in [1.165, 1.54) is 18.2 Å². The molecule has 0 aliphatic rings. The minimum absolute atomic E-state index is 0.340. The zero-order valence-electron chi connectivity index (χ0n) is 7.33. The van der Waals surface area contributed by atoms with Gasteiger partial charge in [-0.3, -0.25) is 0 Å². The molecule has 0 atom stereocenters. The molecule has 0 aliphatic carbocycles. The maximum absolute atomic E-state index is 12.9. The molecule has 3 nitrogen and oxygen atoms in total. The van der Waals surface area contributed by atoms with Gasteiger partial charge in [-0.1, -0.05) is 12.1 Å². The Morgan fingerprint density at radius 1 is 1.43 bits per heavy atom. The molecule has 1 aromatic rings. The monoisotopic (exact) mass is 202 g/mol. The lowest BCUT2D eigenvalue weighted by Gasteiger charge is -2.13. The summed E-state index contributed by atoms with van der Waals surface area (Å²) in [4.78, 5) is 10.2. The summed E-state index contributed by atoms with van der Waals surface area (Å²) in [5.41, 5.74) is -0.442. The van der Waals surface area contributed by atoms with Crippen LogP contribution < -0.4 is 4.74 Å². The van der Waals surface area contributed by atoms with Crippen LogP contribution in [0, 0.1) is 0 Å². The highest BCUT2D eigenvalue weighted by Gasteiger charge is 2.28. The summed E-state index contributed by atoms with van der Waals surface area (Å²) in [6.07, 6.45) is -1.61. The maximum atomic E-state index is 12.9. The van der Waals surface area contributed by atoms with Crippen molar-refractivity contribution in [2.24, 2.45) is 0 Å². The smallest absolute Gasteiger partial charge is 0.449 e. The van der Waals surface area contributed by atoms with E-state index in [9.17, 15) is 13.6 Å². The zero-order chi connectivity index (χ0) is 10.8. The Morgan fingerprint density at radius 2 is 2.00 bits per heavy atom. The number of alkyl halides is 2. The van der Waals surface area contributed by atoms with Crippen LogP contribution in [0.25, 0.3) is 0 Å². The molecule has 1 rings (SSSR count). The number of rotatable bonds is 2. The number of carboxylic acid groups (broad SMARTS) is 1. The molecule has 0 aromatic heterocycles. The first-order valence-electron chi connectivity index (χ1n) is 3.79. The van der Waals surface area contributed by atoms with Gasteiger partial charge in [0.05, 0.1) is 5.56 Å². The molecule has 0 radical (unpaired) electrons. The number of hydrogen-bond donors (Lipinski definition) is 1. The van der Waals surface area contributed by atoms with Gasteiger partial charge < -0.3 is 9.84 Å². The maximum Gasteiger partial charge on any atom is 0.511 e. The Bertz CT molecular complexity index is 344. The Morgan fingerprint density at radius 3 is 2.50 bits per heavy atom. The van der Waals surface area contributed by atoms with Crippen molar-refractivity contribution in [3.8, 4) is 5.75 Å². The van der Waals surface area contributed by atoms with Crippen molar-refractivity contribution in [3.63, 3.8) is 0 Å². The van der Waals surface area contributed by atoms with Crippen molar-refractivity contribution in [1.82, 2.24) is 0 Å². The SMILES string of the molecule is CC(F)(F)c1ccccc1OC(=O)O. The van der Waals surface area contributed by atoms with Crippen LogP contribution in [-0.2, 0) is 5.92 Å². The standard InChI is InChI=1S/C9H8F2O3/c1-9(10,11)6-4-2-3-5-7(6)14-8(12)13/h2-5H,1H3,(H,12,13). The lowest BCUT2D eigenvalue weighted by Crippen LogP contribution is -2.12. The van der Waals surface area contributed by atoms with Crippen molar-refractivity contribution in [2.75, 3.05) is 0 Å². The fraction of sp³-hybridized carbons (Fsp3) is 0.222. The van der Waals surface area contributed by atoms with Crippen molar-refractivity contribution in [1.29, 1.82) is 0 Å². The first-order valence-corrected chi connectivity index (χ1v) is 3.79. The van der Waals surface area contributed by atoms with Crippen LogP contribution in [0.2, 0.25) is 0 Å². The Kier molecular flexibility index (Phi) is 2.69. The lowest BCUT2D eigenvalue weighted by atomic mass is 10.1. The largest absolute Gasteiger partial charge is 0.511 e. The van der Waals surface area contributed by atoms with E-state index in [2.05, 4.69) is 4.74 Å². The van der Waals surface area contributed by atoms with Gasteiger partial charge in [-0.15, -0.1) is 0 Å². The van der Waals surface area contributed by atoms with Gasteiger partial charge in [0.2, 0.25) is 0 Å². The third-order valence-corrected chi connectivity index (χ3v) is 1.56. The van der Waals surface area contributed by atoms with Crippen molar-refractivity contribution >= 4 is 6.16 Å². The van der Waals surface area contributed by atoms with Gasteiger partial charge in [0.15, 0.2) is 0 Å². The first-order chi connectivity index (χ1) is 6.41. The van der Waals surface area contributed by atoms with Gasteiger partial charge in [-0.25, -0.2) is 13.6 Å². The number of para-hydroxylation sites is 1. The molecule has 14 heavy (non-hydrogen) atoms. The molecule has 0 aliphatic heterocycles. The second-order valence-electron chi connectivity index (χ2n) is 2.75. The molecule has 0 heterocycles. The highest BCUT2D eigenvalue weighted by Crippen LogP contribution is 2.34. The van der Waals surface area contributed by atoms with Crippen molar-refractivity contribution < 1.29 is 23.4 Å². The lowest BCUT2D eigenvalue weighted by molar-refractivity contribution is 0.0149. The molecule has 0 fully saturated rings. The van der Waals surface area contributed by atoms with E-state index in [0.29, 0.717) is 6.92 Å². The number of hydrogen-bond acceptors (Lipinski definition) is 2. The quantitative estimate of drug-likeness (QED) is 0.592. The van der Waals surface area contributed by atoms with Gasteiger partial charge in [-0.2, -0.15) is 0 Å². The first kappa shape index (κ1) is 10.4. The Hall–Kier alpha value is -1.65. The summed E-state index contributed by atoms with van der Waals surface area (Å²) in [5.74, 6) is -3.46. The highest BCUT2D eigenvalue weighted by atomic mass is 19.3. The summed E-state index contributed by atoms with van der Waals surface area (Å²) < 4.78 is 30.0. The molecular weight excluding hydrogens is 194 g/mol. The minimum Gasteiger partial charge on any atom is -0.449 e. The summed E-state index contributed by atoms with van der Waals surface area (Å²) in [7, 11) is 0. The van der Waals surface area contributed by atoms with E-state index in [1.807, 2.05) is 0 Å². The molecule has 1 aromatic carbocycles. The number of ether oxygens (including phenoxy) is 1. The molecular formula is C9H8F2O3. The molecule has 5 heteroatoms. The predicted octanol–water partition coefficient (Wildman–Crippen LogP) is 2.86. The van der Waals surface area contributed by atoms with Crippen molar-refractivity contribution in [2.45, 2.75) is 12.8 Å². The van der Waals surface area contributed by atoms with Crippen LogP contribution in [0.4, 0.5) is 13.6 Å². The molecule has 1 N–H and O–H groups in total. The van der Waals surface area contributed by atoms with Gasteiger partial charge in [0.25, 0.3) is 5.92 Å². The summed E-state index contributed by atoms with van der Waals surface area (Å²) in [6, 6.07) is 5.12. The summed E-state index contributed by atoms with van der Waals surface area (Å²) in [5, 5.41) is 8.29. The minimum atomic E-state index is -3.12. The molecule has 76 valence electrons. The van der Waals surface area contributed by atoms with E-state index in [-0.39, 0.29) is 5.75 Å². The van der Waals surface area contributed by atoms with Crippen LogP contribution in [0.15, 0.2) is 24.3 Å². The van der Waals surface area contributed by atoms with Crippen LogP contribution >= 0.6 is 0 Å². The van der Waals surface area contributed by atoms with Gasteiger partial charge in [0, 0.05) is 6.92 Å². The summed E-state index contributed by atoms with van der Waals surface area (Å²) in [6.45, 7) is 0.678. The average molecular weight is 202 g/mol. The van der Waals surface area contributed by atoms with Crippen molar-refractivity contribution in [3.05, 3.63) is 29.8 Å². The Balaban J connectivity index is 3.10. The van der Waals surface area contributed by atoms with E-state index >= 15 is 0 Å². The van der Waals surface area contributed by atoms with Crippen LogP contribution in [0.5, 0.6) is 5.75 Å². The van der Waals surface area contributed by atoms with E-state index in [4.69, 9.17) is 5.11 Å². The predicted molar refractivity (Wildman–Crippen MR) is 44.7 cm³/mol. The second-order valence-corrected chi connectivity index (χ2v) is 2.75. The fourth-order valence-corrected chi connectivity index (χ4v) is 1.01. The number of benzene rings is 1. The Labute approximate surface area is 78.9 Å². The third-order valence-electron chi connectivity index (χ3n) is 1.56. The van der Waals surface area contributed by atoms with Gasteiger partial charge in [-0.05, 0) is 12.1 Å². The molecule has 0 saturated carbocycles. The zero-order valence-corrected chi connectivity index (χ0v) is 7.33. The molecule has 0 spiro atoms. The summed E-state index contributed by atoms with van der Waals surface area (Å²) >= 11 is 0. The third kappa shape index (κ3) is 2.42. The van der Waals surface area contributed by atoms with E-state index in [0.717, 1.165) is 6.07 Å². The molecule has 0 unspecified atom stereocenters. The van der Waals surface area contributed by atoms with Gasteiger partial charge in [0.1, 0.15) is 5.75 Å². The average Bonchev–Trinajstić information content (AvgIpc) is 2.01. The fourth-order valence-electron chi connectivity index (χ4n) is 1.01. The van der Waals surface area contributed by atoms with Crippen LogP contribution in [-0.4, -0.2) is 11.3 Å². The van der Waals surface area contributed by atoms with Crippen LogP contribution in [0.3, 0.4) is 0 Å². The normalized spacial score (nSPS) is 11.1. The highest BCUT2D eigenvalue weighted by molar-refractivity contribution is 5.62.